The van der Waals surface area contributed by atoms with Gasteiger partial charge >= 0.3 is 0 Å². The SMILES string of the molecule is C=CN(CC)C(C)=N.CC. The third kappa shape index (κ3) is 5.35. The van der Waals surface area contributed by atoms with Gasteiger partial charge in [0.15, 0.2) is 0 Å². The van der Waals surface area contributed by atoms with Gasteiger partial charge < -0.3 is 4.90 Å². The van der Waals surface area contributed by atoms with Crippen LogP contribution < -0.4 is 0 Å². The Morgan fingerprint density at radius 1 is 1.60 bits per heavy atom. The molecule has 2 nitrogen and oxygen atoms in total. The Morgan fingerprint density at radius 3 is 2.00 bits per heavy atom. The molecule has 0 aliphatic heterocycles. The van der Waals surface area contributed by atoms with Crippen molar-refractivity contribution >= 4 is 5.84 Å². The number of hydrogen-bond donors (Lipinski definition) is 1. The second kappa shape index (κ2) is 8.21. The summed E-state index contributed by atoms with van der Waals surface area (Å²) in [4.78, 5) is 1.76. The average Bonchev–Trinajstić information content (AvgIpc) is 1.94. The first-order valence-corrected chi connectivity index (χ1v) is 3.66. The monoisotopic (exact) mass is 142 g/mol. The molecule has 0 aromatic rings. The van der Waals surface area contributed by atoms with Gasteiger partial charge in [-0.05, 0) is 20.0 Å². The van der Waals surface area contributed by atoms with Gasteiger partial charge in [-0.15, -0.1) is 0 Å². The van der Waals surface area contributed by atoms with Crippen LogP contribution in [0.3, 0.4) is 0 Å². The molecule has 0 aliphatic carbocycles. The first-order valence-electron chi connectivity index (χ1n) is 3.66. The fourth-order valence-electron chi connectivity index (χ4n) is 0.503. The van der Waals surface area contributed by atoms with Crippen molar-refractivity contribution in [2.24, 2.45) is 0 Å². The van der Waals surface area contributed by atoms with Gasteiger partial charge in [-0.1, -0.05) is 20.4 Å². The Morgan fingerprint density at radius 2 is 2.00 bits per heavy atom. The summed E-state index contributed by atoms with van der Waals surface area (Å²) in [5.41, 5.74) is 0. The average molecular weight is 142 g/mol. The minimum Gasteiger partial charge on any atom is -0.338 e. The summed E-state index contributed by atoms with van der Waals surface area (Å²) in [7, 11) is 0. The normalized spacial score (nSPS) is 7.20. The lowest BCUT2D eigenvalue weighted by Gasteiger charge is -2.13. The van der Waals surface area contributed by atoms with E-state index in [1.807, 2.05) is 20.8 Å². The third-order valence-electron chi connectivity index (χ3n) is 0.992. The summed E-state index contributed by atoms with van der Waals surface area (Å²) in [5.74, 6) is 0.544. The molecule has 0 spiro atoms. The highest BCUT2D eigenvalue weighted by atomic mass is 15.1. The molecule has 0 unspecified atom stereocenters. The molecule has 0 aromatic heterocycles. The summed E-state index contributed by atoms with van der Waals surface area (Å²) in [5, 5.41) is 7.11. The molecule has 0 aromatic carbocycles. The standard InChI is InChI=1S/C6H12N2.C2H6/c1-4-8(5-2)6(3)7;1-2/h4,7H,1,5H2,2-3H3;1-2H3. The molecule has 0 rings (SSSR count). The van der Waals surface area contributed by atoms with E-state index in [4.69, 9.17) is 5.41 Å². The van der Waals surface area contributed by atoms with Crippen molar-refractivity contribution < 1.29 is 0 Å². The fourth-order valence-corrected chi connectivity index (χ4v) is 0.503. The molecule has 60 valence electrons. The molecule has 1 N–H and O–H groups in total. The van der Waals surface area contributed by atoms with Crippen LogP contribution in [0.4, 0.5) is 0 Å². The van der Waals surface area contributed by atoms with E-state index in [0.29, 0.717) is 5.84 Å². The Balaban J connectivity index is 0. The first kappa shape index (κ1) is 11.9. The lowest BCUT2D eigenvalue weighted by molar-refractivity contribution is 0.584. The molecule has 0 heterocycles. The van der Waals surface area contributed by atoms with Crippen molar-refractivity contribution in [1.29, 1.82) is 5.41 Å². The van der Waals surface area contributed by atoms with Gasteiger partial charge in [0, 0.05) is 6.54 Å². The number of nitrogens with one attached hydrogen (secondary N) is 1. The smallest absolute Gasteiger partial charge is 0.0965 e. The highest BCUT2D eigenvalue weighted by Gasteiger charge is 1.92. The van der Waals surface area contributed by atoms with Crippen LogP contribution in [0.1, 0.15) is 27.7 Å². The molecule has 2 heteroatoms. The van der Waals surface area contributed by atoms with Gasteiger partial charge in [0.25, 0.3) is 0 Å². The molecule has 0 aliphatic rings. The minimum atomic E-state index is 0.544. The summed E-state index contributed by atoms with van der Waals surface area (Å²) in [6, 6.07) is 0. The molecule has 0 bridgehead atoms. The molecule has 0 atom stereocenters. The van der Waals surface area contributed by atoms with E-state index in [9.17, 15) is 0 Å². The highest BCUT2D eigenvalue weighted by molar-refractivity contribution is 5.77. The van der Waals surface area contributed by atoms with Crippen molar-refractivity contribution in [3.05, 3.63) is 12.8 Å². The zero-order valence-corrected chi connectivity index (χ0v) is 7.44. The summed E-state index contributed by atoms with van der Waals surface area (Å²) in [6.45, 7) is 12.1. The number of amidine groups is 1. The zero-order chi connectivity index (χ0) is 8.57. The molecule has 10 heavy (non-hydrogen) atoms. The number of hydrogen-bond acceptors (Lipinski definition) is 1. The largest absolute Gasteiger partial charge is 0.338 e. The Hall–Kier alpha value is -0.790. The second-order valence-electron chi connectivity index (χ2n) is 1.55. The maximum Gasteiger partial charge on any atom is 0.0965 e. The molecular weight excluding hydrogens is 124 g/mol. The predicted octanol–water partition coefficient (Wildman–Crippen LogP) is 2.48. The van der Waals surface area contributed by atoms with E-state index in [2.05, 4.69) is 6.58 Å². The molecule has 0 amide bonds. The van der Waals surface area contributed by atoms with Gasteiger partial charge in [-0.3, -0.25) is 5.41 Å². The summed E-state index contributed by atoms with van der Waals surface area (Å²) < 4.78 is 0. The summed E-state index contributed by atoms with van der Waals surface area (Å²) in [6.07, 6.45) is 1.66. The fraction of sp³-hybridized carbons (Fsp3) is 0.625. The van der Waals surface area contributed by atoms with Gasteiger partial charge in [0.2, 0.25) is 0 Å². The molecule has 0 saturated heterocycles. The van der Waals surface area contributed by atoms with Crippen LogP contribution in [-0.4, -0.2) is 17.3 Å². The van der Waals surface area contributed by atoms with E-state index in [1.54, 1.807) is 18.0 Å². The summed E-state index contributed by atoms with van der Waals surface area (Å²) >= 11 is 0. The molecular formula is C8H18N2. The van der Waals surface area contributed by atoms with Crippen molar-refractivity contribution in [2.45, 2.75) is 27.7 Å². The lowest BCUT2D eigenvalue weighted by atomic mass is 10.5. The van der Waals surface area contributed by atoms with E-state index in [0.717, 1.165) is 6.54 Å². The Kier molecular flexibility index (Phi) is 9.80. The van der Waals surface area contributed by atoms with Crippen LogP contribution in [0.5, 0.6) is 0 Å². The highest BCUT2D eigenvalue weighted by Crippen LogP contribution is 1.86. The van der Waals surface area contributed by atoms with Gasteiger partial charge in [-0.25, -0.2) is 0 Å². The van der Waals surface area contributed by atoms with E-state index in [-0.39, 0.29) is 0 Å². The van der Waals surface area contributed by atoms with E-state index in [1.165, 1.54) is 0 Å². The van der Waals surface area contributed by atoms with Crippen LogP contribution in [0.2, 0.25) is 0 Å². The topological polar surface area (TPSA) is 27.1 Å². The lowest BCUT2D eigenvalue weighted by Crippen LogP contribution is -2.20. The Bertz CT molecular complexity index is 97.4. The minimum absolute atomic E-state index is 0.544. The number of nitrogens with zero attached hydrogens (tertiary/aromatic N) is 1. The zero-order valence-electron chi connectivity index (χ0n) is 7.44. The maximum atomic E-state index is 7.11. The third-order valence-corrected chi connectivity index (χ3v) is 0.992. The van der Waals surface area contributed by atoms with E-state index < -0.39 is 0 Å². The van der Waals surface area contributed by atoms with Crippen LogP contribution in [0, 0.1) is 5.41 Å². The molecule has 0 saturated carbocycles. The van der Waals surface area contributed by atoms with Crippen LogP contribution in [0.15, 0.2) is 12.8 Å². The van der Waals surface area contributed by atoms with Crippen LogP contribution in [0.25, 0.3) is 0 Å². The van der Waals surface area contributed by atoms with Crippen molar-refractivity contribution in [3.8, 4) is 0 Å². The molecule has 0 radical (unpaired) electrons. The van der Waals surface area contributed by atoms with E-state index >= 15 is 0 Å². The van der Waals surface area contributed by atoms with Crippen LogP contribution in [-0.2, 0) is 0 Å². The van der Waals surface area contributed by atoms with Crippen LogP contribution >= 0.6 is 0 Å². The van der Waals surface area contributed by atoms with Gasteiger partial charge in [-0.2, -0.15) is 0 Å². The maximum absolute atomic E-state index is 7.11. The Labute approximate surface area is 64.1 Å². The quantitative estimate of drug-likeness (QED) is 0.465. The predicted molar refractivity (Wildman–Crippen MR) is 47.3 cm³/mol. The van der Waals surface area contributed by atoms with Crippen molar-refractivity contribution in [3.63, 3.8) is 0 Å². The number of rotatable bonds is 2. The van der Waals surface area contributed by atoms with Gasteiger partial charge in [0.05, 0.1) is 5.84 Å². The van der Waals surface area contributed by atoms with Crippen molar-refractivity contribution in [2.75, 3.05) is 6.54 Å². The van der Waals surface area contributed by atoms with Gasteiger partial charge in [0.1, 0.15) is 0 Å². The van der Waals surface area contributed by atoms with Crippen molar-refractivity contribution in [1.82, 2.24) is 4.90 Å². The first-order chi connectivity index (χ1) is 4.72. The molecule has 0 fully saturated rings. The second-order valence-corrected chi connectivity index (χ2v) is 1.55.